The number of carboxylic acid groups (broad SMARTS) is 1. The van der Waals surface area contributed by atoms with Crippen molar-refractivity contribution < 1.29 is 24.2 Å². The lowest BCUT2D eigenvalue weighted by molar-refractivity contribution is -0.123. The Hall–Kier alpha value is -3.65. The minimum absolute atomic E-state index is 0.0335. The van der Waals surface area contributed by atoms with Crippen molar-refractivity contribution in [3.8, 4) is 11.1 Å². The third-order valence-corrected chi connectivity index (χ3v) is 6.79. The summed E-state index contributed by atoms with van der Waals surface area (Å²) in [4.78, 5) is 36.6. The van der Waals surface area contributed by atoms with Crippen molar-refractivity contribution in [3.63, 3.8) is 0 Å². The number of hydrogen-bond acceptors (Lipinski definition) is 4. The number of hydrogen-bond donors (Lipinski definition) is 3. The molecule has 0 fully saturated rings. The molecule has 3 N–H and O–H groups in total. The molecule has 4 rings (SSSR count). The lowest BCUT2D eigenvalue weighted by Crippen LogP contribution is -2.42. The van der Waals surface area contributed by atoms with Gasteiger partial charge < -0.3 is 20.5 Å². The van der Waals surface area contributed by atoms with E-state index in [0.717, 1.165) is 22.3 Å². The van der Waals surface area contributed by atoms with Gasteiger partial charge in [0.15, 0.2) is 0 Å². The number of rotatable bonds is 7. The van der Waals surface area contributed by atoms with Gasteiger partial charge >= 0.3 is 12.1 Å². The fourth-order valence-electron chi connectivity index (χ4n) is 4.07. The predicted molar refractivity (Wildman–Crippen MR) is 137 cm³/mol. The summed E-state index contributed by atoms with van der Waals surface area (Å²) in [7, 11) is 0. The highest BCUT2D eigenvalue weighted by molar-refractivity contribution is 9.10. The first kappa shape index (κ1) is 24.5. The van der Waals surface area contributed by atoms with Gasteiger partial charge in [0.2, 0.25) is 5.91 Å². The lowest BCUT2D eigenvalue weighted by atomic mass is 9.92. The molecule has 0 aromatic heterocycles. The van der Waals surface area contributed by atoms with Crippen LogP contribution >= 0.6 is 15.9 Å². The standard InChI is InChI=1S/C27H25BrN2O5/c1-27(2,25(33)30-23-13-16(24(31)32)11-12-22(23)28)15-29-26(34)35-14-21-19-9-5-3-7-17(19)18-8-4-6-10-20(18)21/h3-13,21H,14-15H2,1-2H3,(H,29,34)(H,30,33)(H,31,32). The zero-order valence-electron chi connectivity index (χ0n) is 19.3. The number of amides is 2. The molecule has 3 aromatic carbocycles. The maximum atomic E-state index is 12.9. The van der Waals surface area contributed by atoms with Gasteiger partial charge in [0.25, 0.3) is 0 Å². The molecule has 0 saturated carbocycles. The quantitative estimate of drug-likeness (QED) is 0.361. The van der Waals surface area contributed by atoms with Crippen LogP contribution in [0, 0.1) is 5.41 Å². The molecule has 1 aliphatic carbocycles. The fraction of sp³-hybridized carbons (Fsp3) is 0.222. The summed E-state index contributed by atoms with van der Waals surface area (Å²) in [5, 5.41) is 14.6. The average Bonchev–Trinajstić information content (AvgIpc) is 3.16. The Bertz CT molecular complexity index is 1260. The highest BCUT2D eigenvalue weighted by Crippen LogP contribution is 2.44. The second kappa shape index (κ2) is 9.92. The van der Waals surface area contributed by atoms with E-state index in [1.54, 1.807) is 19.9 Å². The maximum absolute atomic E-state index is 12.9. The topological polar surface area (TPSA) is 105 Å². The molecule has 35 heavy (non-hydrogen) atoms. The number of nitrogens with one attached hydrogen (secondary N) is 2. The van der Waals surface area contributed by atoms with Crippen LogP contribution in [0.1, 0.15) is 41.3 Å². The van der Waals surface area contributed by atoms with Gasteiger partial charge in [-0.2, -0.15) is 0 Å². The van der Waals surface area contributed by atoms with Gasteiger partial charge in [0.1, 0.15) is 6.61 Å². The zero-order valence-corrected chi connectivity index (χ0v) is 20.9. The number of carbonyl (C=O) groups is 3. The summed E-state index contributed by atoms with van der Waals surface area (Å²) in [6.07, 6.45) is -0.609. The third kappa shape index (κ3) is 5.22. The molecule has 0 spiro atoms. The van der Waals surface area contributed by atoms with E-state index in [9.17, 15) is 19.5 Å². The SMILES string of the molecule is CC(C)(CNC(=O)OCC1c2ccccc2-c2ccccc21)C(=O)Nc1cc(C(=O)O)ccc1Br. The average molecular weight is 537 g/mol. The van der Waals surface area contributed by atoms with Crippen LogP contribution in [0.2, 0.25) is 0 Å². The summed E-state index contributed by atoms with van der Waals surface area (Å²) < 4.78 is 6.09. The number of carboxylic acids is 1. The van der Waals surface area contributed by atoms with E-state index >= 15 is 0 Å². The number of halogens is 1. The molecule has 0 bridgehead atoms. The Labute approximate surface area is 211 Å². The second-order valence-electron chi connectivity index (χ2n) is 9.02. The first-order valence-electron chi connectivity index (χ1n) is 11.1. The first-order valence-corrected chi connectivity index (χ1v) is 11.9. The molecule has 7 nitrogen and oxygen atoms in total. The maximum Gasteiger partial charge on any atom is 0.407 e. The van der Waals surface area contributed by atoms with Crippen LogP contribution in [-0.4, -0.2) is 36.2 Å². The number of aromatic carboxylic acids is 1. The van der Waals surface area contributed by atoms with E-state index < -0.39 is 17.5 Å². The number of fused-ring (bicyclic) bond motifs is 3. The van der Waals surface area contributed by atoms with Crippen molar-refractivity contribution >= 4 is 39.6 Å². The normalized spacial score (nSPS) is 12.4. The van der Waals surface area contributed by atoms with E-state index in [1.165, 1.54) is 12.1 Å². The van der Waals surface area contributed by atoms with Crippen molar-refractivity contribution in [2.24, 2.45) is 5.41 Å². The Balaban J connectivity index is 1.35. The molecule has 180 valence electrons. The van der Waals surface area contributed by atoms with Gasteiger partial charge in [-0.1, -0.05) is 48.5 Å². The van der Waals surface area contributed by atoms with Crippen LogP contribution in [0.5, 0.6) is 0 Å². The van der Waals surface area contributed by atoms with Crippen molar-refractivity contribution in [3.05, 3.63) is 87.9 Å². The van der Waals surface area contributed by atoms with E-state index in [2.05, 4.69) is 38.7 Å². The molecule has 0 saturated heterocycles. The van der Waals surface area contributed by atoms with Crippen LogP contribution in [-0.2, 0) is 9.53 Å². The summed E-state index contributed by atoms with van der Waals surface area (Å²) in [6, 6.07) is 20.5. The minimum atomic E-state index is -1.09. The molecule has 0 unspecified atom stereocenters. The molecule has 0 heterocycles. The monoisotopic (exact) mass is 536 g/mol. The van der Waals surface area contributed by atoms with E-state index in [0.29, 0.717) is 10.2 Å². The molecular weight excluding hydrogens is 512 g/mol. The van der Waals surface area contributed by atoms with Gasteiger partial charge in [0, 0.05) is 16.9 Å². The Morgan fingerprint density at radius 1 is 0.971 bits per heavy atom. The van der Waals surface area contributed by atoms with Crippen LogP contribution in [0.3, 0.4) is 0 Å². The van der Waals surface area contributed by atoms with E-state index in [-0.39, 0.29) is 30.5 Å². The van der Waals surface area contributed by atoms with Gasteiger partial charge in [-0.05, 0) is 70.2 Å². The molecule has 8 heteroatoms. The minimum Gasteiger partial charge on any atom is -0.478 e. The summed E-state index contributed by atoms with van der Waals surface area (Å²) in [5.41, 5.74) is 3.94. The Morgan fingerprint density at radius 3 is 2.17 bits per heavy atom. The molecule has 3 aromatic rings. The van der Waals surface area contributed by atoms with Gasteiger partial charge in [-0.15, -0.1) is 0 Å². The fourth-order valence-corrected chi connectivity index (χ4v) is 4.41. The zero-order chi connectivity index (χ0) is 25.2. The number of benzene rings is 3. The predicted octanol–water partition coefficient (Wildman–Crippen LogP) is 5.65. The van der Waals surface area contributed by atoms with Crippen LogP contribution < -0.4 is 10.6 Å². The molecule has 1 aliphatic rings. The second-order valence-corrected chi connectivity index (χ2v) is 9.87. The number of anilines is 1. The molecular formula is C27H25BrN2O5. The highest BCUT2D eigenvalue weighted by atomic mass is 79.9. The van der Waals surface area contributed by atoms with E-state index in [1.807, 2.05) is 36.4 Å². The van der Waals surface area contributed by atoms with Crippen molar-refractivity contribution in [1.29, 1.82) is 0 Å². The highest BCUT2D eigenvalue weighted by Gasteiger charge is 2.31. The van der Waals surface area contributed by atoms with Crippen LogP contribution in [0.25, 0.3) is 11.1 Å². The van der Waals surface area contributed by atoms with Crippen molar-refractivity contribution in [1.82, 2.24) is 5.32 Å². The molecule has 0 aliphatic heterocycles. The Morgan fingerprint density at radius 2 is 1.57 bits per heavy atom. The van der Waals surface area contributed by atoms with Crippen molar-refractivity contribution in [2.75, 3.05) is 18.5 Å². The summed E-state index contributed by atoms with van der Waals surface area (Å²) in [5.74, 6) is -1.52. The smallest absolute Gasteiger partial charge is 0.407 e. The summed E-state index contributed by atoms with van der Waals surface area (Å²) in [6.45, 7) is 3.58. The van der Waals surface area contributed by atoms with E-state index in [4.69, 9.17) is 4.74 Å². The number of ether oxygens (including phenoxy) is 1. The third-order valence-electron chi connectivity index (χ3n) is 6.09. The van der Waals surface area contributed by atoms with Crippen LogP contribution in [0.4, 0.5) is 10.5 Å². The first-order chi connectivity index (χ1) is 16.7. The molecule has 0 radical (unpaired) electrons. The molecule has 0 atom stereocenters. The molecule has 2 amide bonds. The Kier molecular flexibility index (Phi) is 6.93. The largest absolute Gasteiger partial charge is 0.478 e. The van der Waals surface area contributed by atoms with Gasteiger partial charge in [-0.3, -0.25) is 4.79 Å². The van der Waals surface area contributed by atoms with Crippen molar-refractivity contribution in [2.45, 2.75) is 19.8 Å². The lowest BCUT2D eigenvalue weighted by Gasteiger charge is -2.24. The van der Waals surface area contributed by atoms with Gasteiger partial charge in [-0.25, -0.2) is 9.59 Å². The van der Waals surface area contributed by atoms with Gasteiger partial charge in [0.05, 0.1) is 16.7 Å². The summed E-state index contributed by atoms with van der Waals surface area (Å²) >= 11 is 3.32. The van der Waals surface area contributed by atoms with Crippen LogP contribution in [0.15, 0.2) is 71.2 Å². The number of carbonyl (C=O) groups excluding carboxylic acids is 2. The number of alkyl carbamates (subject to hydrolysis) is 1.